The highest BCUT2D eigenvalue weighted by molar-refractivity contribution is 9.10. The van der Waals surface area contributed by atoms with Gasteiger partial charge in [-0.15, -0.1) is 0 Å². The van der Waals surface area contributed by atoms with E-state index in [2.05, 4.69) is 60.2 Å². The minimum Gasteiger partial charge on any atom is -0.380 e. The molecule has 0 unspecified atom stereocenters. The van der Waals surface area contributed by atoms with Gasteiger partial charge in [-0.05, 0) is 38.5 Å². The van der Waals surface area contributed by atoms with Gasteiger partial charge in [-0.2, -0.15) is 0 Å². The third-order valence-electron chi connectivity index (χ3n) is 2.18. The Balaban J connectivity index is 2.68. The quantitative estimate of drug-likeness (QED) is 0.839. The van der Waals surface area contributed by atoms with Gasteiger partial charge >= 0.3 is 0 Å². The second kappa shape index (κ2) is 4.83. The van der Waals surface area contributed by atoms with E-state index in [4.69, 9.17) is 0 Å². The van der Waals surface area contributed by atoms with E-state index >= 15 is 0 Å². The van der Waals surface area contributed by atoms with Gasteiger partial charge in [0.15, 0.2) is 0 Å². The van der Waals surface area contributed by atoms with E-state index in [0.29, 0.717) is 0 Å². The third kappa shape index (κ3) is 3.70. The third-order valence-corrected chi connectivity index (χ3v) is 2.68. The van der Waals surface area contributed by atoms with Crippen molar-refractivity contribution in [3.05, 3.63) is 28.7 Å². The summed E-state index contributed by atoms with van der Waals surface area (Å²) in [5.74, 6) is 0. The van der Waals surface area contributed by atoms with Gasteiger partial charge in [-0.1, -0.05) is 35.3 Å². The Morgan fingerprint density at radius 2 is 2.07 bits per heavy atom. The van der Waals surface area contributed by atoms with Gasteiger partial charge in [0.2, 0.25) is 0 Å². The molecule has 1 nitrogen and oxygen atoms in total. The number of nitrogens with one attached hydrogen (secondary N) is 1. The maximum absolute atomic E-state index is 3.53. The van der Waals surface area contributed by atoms with Crippen LogP contribution in [0.1, 0.15) is 33.6 Å². The summed E-state index contributed by atoms with van der Waals surface area (Å²) in [6.45, 7) is 6.68. The van der Waals surface area contributed by atoms with Crippen LogP contribution in [0, 0.1) is 0 Å². The highest BCUT2D eigenvalue weighted by atomic mass is 79.9. The maximum atomic E-state index is 3.53. The van der Waals surface area contributed by atoms with E-state index in [0.717, 1.165) is 4.47 Å². The first-order chi connectivity index (χ1) is 6.53. The van der Waals surface area contributed by atoms with Gasteiger partial charge in [0.05, 0.1) is 0 Å². The van der Waals surface area contributed by atoms with Crippen molar-refractivity contribution in [2.24, 2.45) is 0 Å². The van der Waals surface area contributed by atoms with E-state index in [1.54, 1.807) is 0 Å². The van der Waals surface area contributed by atoms with Crippen molar-refractivity contribution in [1.29, 1.82) is 0 Å². The number of hydrogen-bond donors (Lipinski definition) is 1. The number of anilines is 1. The average Bonchev–Trinajstić information content (AvgIpc) is 2.02. The van der Waals surface area contributed by atoms with Gasteiger partial charge < -0.3 is 5.32 Å². The fourth-order valence-corrected chi connectivity index (χ4v) is 2.04. The summed E-state index contributed by atoms with van der Waals surface area (Å²) < 4.78 is 1.12. The molecule has 2 heteroatoms. The van der Waals surface area contributed by atoms with Crippen molar-refractivity contribution in [2.45, 2.75) is 39.2 Å². The summed E-state index contributed by atoms with van der Waals surface area (Å²) in [6, 6.07) is 8.30. The van der Waals surface area contributed by atoms with Gasteiger partial charge in [-0.25, -0.2) is 0 Å². The van der Waals surface area contributed by atoms with E-state index in [9.17, 15) is 0 Å². The Morgan fingerprint density at radius 1 is 1.36 bits per heavy atom. The first kappa shape index (κ1) is 11.6. The lowest BCUT2D eigenvalue weighted by atomic mass is 9.98. The van der Waals surface area contributed by atoms with Gasteiger partial charge in [0, 0.05) is 15.7 Å². The first-order valence-electron chi connectivity index (χ1n) is 5.07. The maximum Gasteiger partial charge on any atom is 0.0355 e. The molecule has 0 aliphatic rings. The lowest BCUT2D eigenvalue weighted by molar-refractivity contribution is 0.511. The lowest BCUT2D eigenvalue weighted by Gasteiger charge is -2.27. The van der Waals surface area contributed by atoms with Crippen LogP contribution >= 0.6 is 15.9 Å². The van der Waals surface area contributed by atoms with Crippen molar-refractivity contribution in [2.75, 3.05) is 5.32 Å². The Morgan fingerprint density at radius 3 is 2.64 bits per heavy atom. The van der Waals surface area contributed by atoms with E-state index in [-0.39, 0.29) is 5.54 Å². The van der Waals surface area contributed by atoms with Crippen LogP contribution in [-0.2, 0) is 0 Å². The molecule has 0 amide bonds. The molecule has 0 radical (unpaired) electrons. The van der Waals surface area contributed by atoms with Gasteiger partial charge in [0.25, 0.3) is 0 Å². The molecule has 0 heterocycles. The molecule has 0 bridgehead atoms. The number of benzene rings is 1. The predicted octanol–water partition coefficient (Wildman–Crippen LogP) is 4.44. The summed E-state index contributed by atoms with van der Waals surface area (Å²) in [7, 11) is 0. The van der Waals surface area contributed by atoms with Crippen LogP contribution < -0.4 is 5.32 Å². The highest BCUT2D eigenvalue weighted by Crippen LogP contribution is 2.22. The van der Waals surface area contributed by atoms with Crippen molar-refractivity contribution in [3.63, 3.8) is 0 Å². The van der Waals surface area contributed by atoms with Gasteiger partial charge in [0.1, 0.15) is 0 Å². The molecule has 0 fully saturated rings. The molecule has 0 atom stereocenters. The Hall–Kier alpha value is -0.500. The zero-order valence-corrected chi connectivity index (χ0v) is 10.7. The SMILES string of the molecule is CCCC(C)(C)Nc1cccc(Br)c1. The monoisotopic (exact) mass is 255 g/mol. The molecule has 0 aliphatic carbocycles. The highest BCUT2D eigenvalue weighted by Gasteiger charge is 2.15. The van der Waals surface area contributed by atoms with Crippen LogP contribution in [0.3, 0.4) is 0 Å². The summed E-state index contributed by atoms with van der Waals surface area (Å²) in [6.07, 6.45) is 2.38. The Kier molecular flexibility index (Phi) is 3.99. The molecular weight excluding hydrogens is 238 g/mol. The molecule has 0 spiro atoms. The normalized spacial score (nSPS) is 11.4. The van der Waals surface area contributed by atoms with Crippen molar-refractivity contribution >= 4 is 21.6 Å². The zero-order chi connectivity index (χ0) is 10.6. The van der Waals surface area contributed by atoms with Crippen molar-refractivity contribution < 1.29 is 0 Å². The summed E-state index contributed by atoms with van der Waals surface area (Å²) in [5.41, 5.74) is 1.35. The average molecular weight is 256 g/mol. The molecule has 1 aromatic carbocycles. The molecule has 0 saturated heterocycles. The molecule has 0 aliphatic heterocycles. The molecular formula is C12H18BrN. The van der Waals surface area contributed by atoms with E-state index in [1.807, 2.05) is 6.07 Å². The summed E-state index contributed by atoms with van der Waals surface area (Å²) in [4.78, 5) is 0. The predicted molar refractivity (Wildman–Crippen MR) is 66.8 cm³/mol. The lowest BCUT2D eigenvalue weighted by Crippen LogP contribution is -2.30. The minimum absolute atomic E-state index is 0.176. The molecule has 14 heavy (non-hydrogen) atoms. The fourth-order valence-electron chi connectivity index (χ4n) is 1.64. The van der Waals surface area contributed by atoms with E-state index < -0.39 is 0 Å². The minimum atomic E-state index is 0.176. The van der Waals surface area contributed by atoms with E-state index in [1.165, 1.54) is 18.5 Å². The van der Waals surface area contributed by atoms with Crippen molar-refractivity contribution in [1.82, 2.24) is 0 Å². The summed E-state index contributed by atoms with van der Waals surface area (Å²) >= 11 is 3.47. The molecule has 0 aromatic heterocycles. The van der Waals surface area contributed by atoms with Crippen LogP contribution in [0.4, 0.5) is 5.69 Å². The van der Waals surface area contributed by atoms with Crippen LogP contribution in [0.5, 0.6) is 0 Å². The Bertz CT molecular complexity index is 294. The smallest absolute Gasteiger partial charge is 0.0355 e. The second-order valence-corrected chi connectivity index (χ2v) is 5.18. The molecule has 1 aromatic rings. The largest absolute Gasteiger partial charge is 0.380 e. The van der Waals surface area contributed by atoms with Crippen LogP contribution in [0.15, 0.2) is 28.7 Å². The first-order valence-corrected chi connectivity index (χ1v) is 5.86. The van der Waals surface area contributed by atoms with Crippen LogP contribution in [0.25, 0.3) is 0 Å². The second-order valence-electron chi connectivity index (χ2n) is 4.27. The van der Waals surface area contributed by atoms with Crippen molar-refractivity contribution in [3.8, 4) is 0 Å². The zero-order valence-electron chi connectivity index (χ0n) is 9.10. The fraction of sp³-hybridized carbons (Fsp3) is 0.500. The Labute approximate surface area is 95.0 Å². The number of hydrogen-bond acceptors (Lipinski definition) is 1. The molecule has 1 N–H and O–H groups in total. The molecule has 0 saturated carbocycles. The number of rotatable bonds is 4. The van der Waals surface area contributed by atoms with Crippen LogP contribution in [0.2, 0.25) is 0 Å². The molecule has 78 valence electrons. The topological polar surface area (TPSA) is 12.0 Å². The van der Waals surface area contributed by atoms with Crippen LogP contribution in [-0.4, -0.2) is 5.54 Å². The van der Waals surface area contributed by atoms with Gasteiger partial charge in [-0.3, -0.25) is 0 Å². The molecule has 1 rings (SSSR count). The standard InChI is InChI=1S/C12H18BrN/c1-4-8-12(2,3)14-11-7-5-6-10(13)9-11/h5-7,9,14H,4,8H2,1-3H3. The summed E-state index contributed by atoms with van der Waals surface area (Å²) in [5, 5.41) is 3.53. The number of halogens is 1.